The number of anilines is 2. The van der Waals surface area contributed by atoms with Crippen molar-refractivity contribution in [2.24, 2.45) is 5.92 Å². The van der Waals surface area contributed by atoms with E-state index in [2.05, 4.69) is 28.9 Å². The molecule has 0 aliphatic carbocycles. The van der Waals surface area contributed by atoms with Gasteiger partial charge in [0.25, 0.3) is 0 Å². The number of nitrogens with one attached hydrogen (secondary N) is 1. The number of nitrogens with zero attached hydrogens (tertiary/aromatic N) is 1. The summed E-state index contributed by atoms with van der Waals surface area (Å²) in [6.07, 6.45) is 3.73. The van der Waals surface area contributed by atoms with Crippen molar-refractivity contribution in [1.82, 2.24) is 4.98 Å². The molecule has 1 rings (SSSR count). The molecular formula is C13H21N3O2. The molecule has 3 N–H and O–H groups in total. The molecule has 5 heteroatoms. The van der Waals surface area contributed by atoms with Crippen LogP contribution in [0.1, 0.15) is 37.0 Å². The van der Waals surface area contributed by atoms with Crippen molar-refractivity contribution >= 4 is 17.5 Å². The second-order valence-electron chi connectivity index (χ2n) is 4.58. The number of hydrogen-bond acceptors (Lipinski definition) is 5. The van der Waals surface area contributed by atoms with Crippen molar-refractivity contribution in [3.05, 3.63) is 17.8 Å². The molecule has 18 heavy (non-hydrogen) atoms. The molecule has 0 fully saturated rings. The van der Waals surface area contributed by atoms with Gasteiger partial charge in [-0.25, -0.2) is 9.78 Å². The molecule has 100 valence electrons. The highest BCUT2D eigenvalue weighted by Gasteiger charge is 2.13. The number of pyridine rings is 1. The van der Waals surface area contributed by atoms with Crippen LogP contribution >= 0.6 is 0 Å². The maximum absolute atomic E-state index is 11.4. The van der Waals surface area contributed by atoms with Crippen LogP contribution in [-0.4, -0.2) is 24.6 Å². The number of ether oxygens (including phenoxy) is 1. The standard InChI is InChI=1S/C13H21N3O2/c1-9(2)5-4-7-15-12-11(14)10(6-8-16-12)13(17)18-3/h6,8-9H,4-5,7,14H2,1-3H3,(H,15,16). The minimum Gasteiger partial charge on any atom is -0.465 e. The molecule has 0 amide bonds. The molecule has 0 unspecified atom stereocenters. The van der Waals surface area contributed by atoms with Crippen molar-refractivity contribution in [2.75, 3.05) is 24.7 Å². The summed E-state index contributed by atoms with van der Waals surface area (Å²) in [7, 11) is 1.33. The first-order valence-corrected chi connectivity index (χ1v) is 6.13. The Hall–Kier alpha value is -1.78. The highest BCUT2D eigenvalue weighted by Crippen LogP contribution is 2.20. The van der Waals surface area contributed by atoms with Crippen LogP contribution < -0.4 is 11.1 Å². The van der Waals surface area contributed by atoms with E-state index >= 15 is 0 Å². The topological polar surface area (TPSA) is 77.2 Å². The van der Waals surface area contributed by atoms with Gasteiger partial charge < -0.3 is 15.8 Å². The van der Waals surface area contributed by atoms with Gasteiger partial charge >= 0.3 is 5.97 Å². The summed E-state index contributed by atoms with van der Waals surface area (Å²) >= 11 is 0. The third kappa shape index (κ3) is 3.91. The van der Waals surface area contributed by atoms with E-state index in [1.165, 1.54) is 7.11 Å². The van der Waals surface area contributed by atoms with Crippen LogP contribution in [0.25, 0.3) is 0 Å². The van der Waals surface area contributed by atoms with Gasteiger partial charge in [-0.05, 0) is 24.8 Å². The van der Waals surface area contributed by atoms with Crippen LogP contribution in [-0.2, 0) is 4.74 Å². The maximum Gasteiger partial charge on any atom is 0.340 e. The lowest BCUT2D eigenvalue weighted by Gasteiger charge is -2.11. The van der Waals surface area contributed by atoms with Crippen LogP contribution in [0.4, 0.5) is 11.5 Å². The number of methoxy groups -OCH3 is 1. The Morgan fingerprint density at radius 2 is 2.28 bits per heavy atom. The Labute approximate surface area is 108 Å². The van der Waals surface area contributed by atoms with Gasteiger partial charge in [-0.2, -0.15) is 0 Å². The molecule has 0 aromatic carbocycles. The van der Waals surface area contributed by atoms with E-state index in [9.17, 15) is 4.79 Å². The molecule has 1 heterocycles. The lowest BCUT2D eigenvalue weighted by molar-refractivity contribution is 0.0602. The summed E-state index contributed by atoms with van der Waals surface area (Å²) < 4.78 is 4.65. The zero-order valence-electron chi connectivity index (χ0n) is 11.2. The Bertz CT molecular complexity index is 405. The summed E-state index contributed by atoms with van der Waals surface area (Å²) in [5.74, 6) is 0.778. The van der Waals surface area contributed by atoms with Gasteiger partial charge in [-0.3, -0.25) is 0 Å². The molecule has 0 bridgehead atoms. The smallest absolute Gasteiger partial charge is 0.340 e. The molecular weight excluding hydrogens is 230 g/mol. The van der Waals surface area contributed by atoms with E-state index in [0.29, 0.717) is 23.0 Å². The fourth-order valence-electron chi connectivity index (χ4n) is 1.62. The Morgan fingerprint density at radius 3 is 2.89 bits per heavy atom. The van der Waals surface area contributed by atoms with Gasteiger partial charge in [0.2, 0.25) is 0 Å². The number of carbonyl (C=O) groups excluding carboxylic acids is 1. The fraction of sp³-hybridized carbons (Fsp3) is 0.538. The number of nitrogen functional groups attached to an aromatic ring is 1. The predicted octanol–water partition coefficient (Wildman–Crippen LogP) is 2.30. The molecule has 0 saturated carbocycles. The molecule has 0 aliphatic rings. The van der Waals surface area contributed by atoms with E-state index in [-0.39, 0.29) is 0 Å². The first-order chi connectivity index (χ1) is 8.56. The van der Waals surface area contributed by atoms with Crippen molar-refractivity contribution < 1.29 is 9.53 Å². The van der Waals surface area contributed by atoms with Gasteiger partial charge in [0.1, 0.15) is 5.82 Å². The van der Waals surface area contributed by atoms with Gasteiger partial charge in [0, 0.05) is 12.7 Å². The van der Waals surface area contributed by atoms with Crippen molar-refractivity contribution in [3.8, 4) is 0 Å². The lowest BCUT2D eigenvalue weighted by Crippen LogP contribution is -2.11. The average molecular weight is 251 g/mol. The molecule has 0 atom stereocenters. The number of aromatic nitrogens is 1. The molecule has 0 aliphatic heterocycles. The number of nitrogens with two attached hydrogens (primary N) is 1. The summed E-state index contributed by atoms with van der Waals surface area (Å²) in [6, 6.07) is 1.56. The monoisotopic (exact) mass is 251 g/mol. The molecule has 0 spiro atoms. The summed E-state index contributed by atoms with van der Waals surface area (Å²) in [5.41, 5.74) is 6.56. The quantitative estimate of drug-likeness (QED) is 0.599. The largest absolute Gasteiger partial charge is 0.465 e. The Balaban J connectivity index is 2.64. The van der Waals surface area contributed by atoms with E-state index in [1.54, 1.807) is 12.3 Å². The van der Waals surface area contributed by atoms with Gasteiger partial charge in [-0.15, -0.1) is 0 Å². The summed E-state index contributed by atoms with van der Waals surface area (Å²) in [5, 5.41) is 3.14. The van der Waals surface area contributed by atoms with Gasteiger partial charge in [-0.1, -0.05) is 13.8 Å². The first-order valence-electron chi connectivity index (χ1n) is 6.13. The fourth-order valence-corrected chi connectivity index (χ4v) is 1.62. The van der Waals surface area contributed by atoms with E-state index < -0.39 is 5.97 Å². The SMILES string of the molecule is COC(=O)c1ccnc(NCCCC(C)C)c1N. The Morgan fingerprint density at radius 1 is 1.56 bits per heavy atom. The minimum atomic E-state index is -0.444. The highest BCUT2D eigenvalue weighted by molar-refractivity contribution is 5.97. The lowest BCUT2D eigenvalue weighted by atomic mass is 10.1. The number of hydrogen-bond donors (Lipinski definition) is 2. The molecule has 1 aromatic rings. The Kier molecular flexibility index (Phi) is 5.42. The van der Waals surface area contributed by atoms with Crippen LogP contribution in [0.15, 0.2) is 12.3 Å². The zero-order chi connectivity index (χ0) is 13.5. The highest BCUT2D eigenvalue weighted by atomic mass is 16.5. The number of rotatable bonds is 6. The van der Waals surface area contributed by atoms with E-state index in [0.717, 1.165) is 19.4 Å². The second kappa shape index (κ2) is 6.83. The summed E-state index contributed by atoms with van der Waals surface area (Å²) in [4.78, 5) is 15.6. The van der Waals surface area contributed by atoms with Crippen LogP contribution in [0.3, 0.4) is 0 Å². The molecule has 0 saturated heterocycles. The zero-order valence-corrected chi connectivity index (χ0v) is 11.2. The number of carbonyl (C=O) groups is 1. The molecule has 5 nitrogen and oxygen atoms in total. The third-order valence-electron chi connectivity index (χ3n) is 2.65. The number of esters is 1. The van der Waals surface area contributed by atoms with Crippen LogP contribution in [0.2, 0.25) is 0 Å². The van der Waals surface area contributed by atoms with Gasteiger partial charge in [0.05, 0.1) is 18.4 Å². The normalized spacial score (nSPS) is 10.4. The molecule has 1 aromatic heterocycles. The maximum atomic E-state index is 11.4. The molecule has 0 radical (unpaired) electrons. The van der Waals surface area contributed by atoms with Crippen molar-refractivity contribution in [2.45, 2.75) is 26.7 Å². The first kappa shape index (κ1) is 14.3. The van der Waals surface area contributed by atoms with Crippen LogP contribution in [0, 0.1) is 5.92 Å². The predicted molar refractivity (Wildman–Crippen MR) is 72.6 cm³/mol. The van der Waals surface area contributed by atoms with Crippen molar-refractivity contribution in [1.29, 1.82) is 0 Å². The second-order valence-corrected chi connectivity index (χ2v) is 4.58. The van der Waals surface area contributed by atoms with Crippen molar-refractivity contribution in [3.63, 3.8) is 0 Å². The van der Waals surface area contributed by atoms with E-state index in [4.69, 9.17) is 5.73 Å². The van der Waals surface area contributed by atoms with Crippen LogP contribution in [0.5, 0.6) is 0 Å². The average Bonchev–Trinajstić information content (AvgIpc) is 2.35. The summed E-state index contributed by atoms with van der Waals surface area (Å²) in [6.45, 7) is 5.16. The van der Waals surface area contributed by atoms with E-state index in [1.807, 2.05) is 0 Å². The minimum absolute atomic E-state index is 0.342. The van der Waals surface area contributed by atoms with Gasteiger partial charge in [0.15, 0.2) is 0 Å². The third-order valence-corrected chi connectivity index (χ3v) is 2.65.